The van der Waals surface area contributed by atoms with E-state index in [1.165, 1.54) is 27.7 Å². The molecule has 0 amide bonds. The average molecular weight is 243 g/mol. The second-order valence-corrected chi connectivity index (χ2v) is 5.67. The van der Waals surface area contributed by atoms with Crippen LogP contribution in [0.15, 0.2) is 18.2 Å². The Balaban J connectivity index is 1.78. The van der Waals surface area contributed by atoms with Gasteiger partial charge in [0, 0.05) is 35.0 Å². The number of ether oxygens (including phenoxy) is 1. The summed E-state index contributed by atoms with van der Waals surface area (Å²) in [7, 11) is 0. The molecular weight excluding hydrogens is 226 g/mol. The Morgan fingerprint density at radius 3 is 3.06 bits per heavy atom. The molecule has 1 aromatic heterocycles. The van der Waals surface area contributed by atoms with Gasteiger partial charge >= 0.3 is 0 Å². The Morgan fingerprint density at radius 2 is 2.22 bits per heavy atom. The van der Waals surface area contributed by atoms with Crippen molar-refractivity contribution in [2.75, 3.05) is 6.61 Å². The van der Waals surface area contributed by atoms with Gasteiger partial charge in [0.25, 0.3) is 0 Å². The number of aliphatic hydroxyl groups is 1. The summed E-state index contributed by atoms with van der Waals surface area (Å²) in [6.45, 7) is 1.52. The van der Waals surface area contributed by atoms with Crippen molar-refractivity contribution >= 4 is 10.9 Å². The van der Waals surface area contributed by atoms with Crippen molar-refractivity contribution in [2.24, 2.45) is 0 Å². The number of nitrogens with one attached hydrogen (secondary N) is 1. The number of benzene rings is 1. The third-order valence-electron chi connectivity index (χ3n) is 4.16. The Morgan fingerprint density at radius 1 is 1.33 bits per heavy atom. The van der Waals surface area contributed by atoms with Gasteiger partial charge in [-0.2, -0.15) is 0 Å². The van der Waals surface area contributed by atoms with Gasteiger partial charge in [0.2, 0.25) is 0 Å². The van der Waals surface area contributed by atoms with Crippen LogP contribution in [0, 0.1) is 0 Å². The SMILES string of the molecule is OC1(Cc2ccc3[nH]c4c(c3c2)COCC4)CC1. The molecule has 2 heterocycles. The minimum Gasteiger partial charge on any atom is -0.390 e. The summed E-state index contributed by atoms with van der Waals surface area (Å²) in [5.41, 5.74) is 4.63. The molecule has 2 aromatic rings. The standard InChI is InChI=1S/C15H17NO2/c17-15(4-5-15)8-10-1-2-13-11(7-10)12-9-18-6-3-14(12)16-13/h1-2,7,16-17H,3-6,8-9H2. The maximum absolute atomic E-state index is 10.0. The highest BCUT2D eigenvalue weighted by Gasteiger charge is 2.40. The van der Waals surface area contributed by atoms with Crippen molar-refractivity contribution in [1.82, 2.24) is 4.98 Å². The summed E-state index contributed by atoms with van der Waals surface area (Å²) in [4.78, 5) is 3.48. The zero-order valence-electron chi connectivity index (χ0n) is 10.3. The van der Waals surface area contributed by atoms with Crippen LogP contribution in [0.1, 0.15) is 29.7 Å². The van der Waals surface area contributed by atoms with E-state index in [1.54, 1.807) is 0 Å². The molecule has 2 aliphatic rings. The third-order valence-corrected chi connectivity index (χ3v) is 4.16. The molecule has 0 unspecified atom stereocenters. The van der Waals surface area contributed by atoms with Crippen molar-refractivity contribution in [3.05, 3.63) is 35.0 Å². The van der Waals surface area contributed by atoms with Crippen LogP contribution in [0.2, 0.25) is 0 Å². The van der Waals surface area contributed by atoms with Gasteiger partial charge in [0.05, 0.1) is 18.8 Å². The van der Waals surface area contributed by atoms with Gasteiger partial charge in [-0.15, -0.1) is 0 Å². The van der Waals surface area contributed by atoms with Crippen molar-refractivity contribution in [3.63, 3.8) is 0 Å². The molecule has 2 N–H and O–H groups in total. The number of hydrogen-bond donors (Lipinski definition) is 2. The summed E-state index contributed by atoms with van der Waals surface area (Å²) in [5.74, 6) is 0. The van der Waals surface area contributed by atoms with Crippen molar-refractivity contribution in [2.45, 2.75) is 37.9 Å². The van der Waals surface area contributed by atoms with E-state index in [0.717, 1.165) is 32.3 Å². The summed E-state index contributed by atoms with van der Waals surface area (Å²) in [6, 6.07) is 6.48. The molecule has 4 rings (SSSR count). The van der Waals surface area contributed by atoms with E-state index in [4.69, 9.17) is 4.74 Å². The predicted octanol–water partition coefficient (Wildman–Crippen LogP) is 2.31. The fraction of sp³-hybridized carbons (Fsp3) is 0.467. The van der Waals surface area contributed by atoms with Crippen LogP contribution in [-0.2, 0) is 24.2 Å². The van der Waals surface area contributed by atoms with Crippen molar-refractivity contribution in [3.8, 4) is 0 Å². The van der Waals surface area contributed by atoms with Crippen molar-refractivity contribution < 1.29 is 9.84 Å². The van der Waals surface area contributed by atoms with Gasteiger partial charge in [-0.1, -0.05) is 6.07 Å². The normalized spacial score (nSPS) is 20.9. The number of hydrogen-bond acceptors (Lipinski definition) is 2. The maximum Gasteiger partial charge on any atom is 0.0740 e. The summed E-state index contributed by atoms with van der Waals surface area (Å²) >= 11 is 0. The minimum absolute atomic E-state index is 0.416. The van der Waals surface area contributed by atoms with Crippen LogP contribution in [-0.4, -0.2) is 22.3 Å². The number of H-pyrrole nitrogens is 1. The first-order valence-corrected chi connectivity index (χ1v) is 6.66. The monoisotopic (exact) mass is 243 g/mol. The highest BCUT2D eigenvalue weighted by molar-refractivity contribution is 5.85. The second-order valence-electron chi connectivity index (χ2n) is 5.67. The molecule has 1 aliphatic carbocycles. The lowest BCUT2D eigenvalue weighted by Gasteiger charge is -2.12. The number of aromatic amines is 1. The van der Waals surface area contributed by atoms with Gasteiger partial charge in [-0.3, -0.25) is 0 Å². The lowest BCUT2D eigenvalue weighted by molar-refractivity contribution is 0.111. The highest BCUT2D eigenvalue weighted by atomic mass is 16.5. The van der Waals surface area contributed by atoms with Crippen LogP contribution in [0.5, 0.6) is 0 Å². The van der Waals surface area contributed by atoms with E-state index >= 15 is 0 Å². The molecule has 0 saturated heterocycles. The number of aromatic nitrogens is 1. The lowest BCUT2D eigenvalue weighted by atomic mass is 10.0. The summed E-state index contributed by atoms with van der Waals surface area (Å²) in [6.07, 6.45) is 3.64. The Kier molecular flexibility index (Phi) is 2.11. The van der Waals surface area contributed by atoms with Crippen LogP contribution >= 0.6 is 0 Å². The molecule has 1 aliphatic heterocycles. The zero-order chi connectivity index (χ0) is 12.2. The zero-order valence-corrected chi connectivity index (χ0v) is 10.3. The molecule has 94 valence electrons. The molecule has 1 saturated carbocycles. The molecule has 0 spiro atoms. The van der Waals surface area contributed by atoms with Crippen LogP contribution in [0.3, 0.4) is 0 Å². The molecular formula is C15H17NO2. The van der Waals surface area contributed by atoms with E-state index in [9.17, 15) is 5.11 Å². The predicted molar refractivity (Wildman–Crippen MR) is 69.5 cm³/mol. The molecule has 3 heteroatoms. The first kappa shape index (κ1) is 10.6. The Hall–Kier alpha value is -1.32. The minimum atomic E-state index is -0.416. The van der Waals surface area contributed by atoms with Gasteiger partial charge in [0.1, 0.15) is 0 Å². The first-order valence-electron chi connectivity index (χ1n) is 6.66. The quantitative estimate of drug-likeness (QED) is 0.850. The fourth-order valence-electron chi connectivity index (χ4n) is 2.89. The second kappa shape index (κ2) is 3.59. The average Bonchev–Trinajstić information content (AvgIpc) is 2.98. The fourth-order valence-corrected chi connectivity index (χ4v) is 2.89. The van der Waals surface area contributed by atoms with Gasteiger partial charge in [0.15, 0.2) is 0 Å². The van der Waals surface area contributed by atoms with E-state index < -0.39 is 5.60 Å². The van der Waals surface area contributed by atoms with Crippen molar-refractivity contribution in [1.29, 1.82) is 0 Å². The summed E-state index contributed by atoms with van der Waals surface area (Å²) < 4.78 is 5.55. The van der Waals surface area contributed by atoms with Gasteiger partial charge in [-0.25, -0.2) is 0 Å². The molecule has 18 heavy (non-hydrogen) atoms. The van der Waals surface area contributed by atoms with E-state index in [1.807, 2.05) is 0 Å². The van der Waals surface area contributed by atoms with Gasteiger partial charge in [-0.05, 0) is 30.5 Å². The smallest absolute Gasteiger partial charge is 0.0740 e. The highest BCUT2D eigenvalue weighted by Crippen LogP contribution is 2.39. The van der Waals surface area contributed by atoms with Crippen LogP contribution in [0.25, 0.3) is 10.9 Å². The van der Waals surface area contributed by atoms with E-state index in [0.29, 0.717) is 6.61 Å². The van der Waals surface area contributed by atoms with Crippen LogP contribution in [0.4, 0.5) is 0 Å². The number of fused-ring (bicyclic) bond motifs is 3. The molecule has 0 bridgehead atoms. The van der Waals surface area contributed by atoms with Gasteiger partial charge < -0.3 is 14.8 Å². The first-order chi connectivity index (χ1) is 8.73. The Bertz CT molecular complexity index is 610. The van der Waals surface area contributed by atoms with Crippen LogP contribution < -0.4 is 0 Å². The Labute approximate surface area is 106 Å². The molecule has 0 radical (unpaired) electrons. The molecule has 3 nitrogen and oxygen atoms in total. The lowest BCUT2D eigenvalue weighted by Crippen LogP contribution is -2.10. The third kappa shape index (κ3) is 1.66. The molecule has 0 atom stereocenters. The maximum atomic E-state index is 10.0. The van der Waals surface area contributed by atoms with E-state index in [2.05, 4.69) is 23.2 Å². The summed E-state index contributed by atoms with van der Waals surface area (Å²) in [5, 5.41) is 11.3. The molecule has 1 aromatic carbocycles. The topological polar surface area (TPSA) is 45.2 Å². The number of rotatable bonds is 2. The van der Waals surface area contributed by atoms with E-state index in [-0.39, 0.29) is 0 Å². The largest absolute Gasteiger partial charge is 0.390 e. The molecule has 1 fully saturated rings.